The molecule has 19 heavy (non-hydrogen) atoms. The minimum Gasteiger partial charge on any atom is -0.313 e. The molecule has 2 rings (SSSR count). The number of hydrogen-bond donors (Lipinski definition) is 1. The van der Waals surface area contributed by atoms with Crippen LogP contribution in [0.3, 0.4) is 0 Å². The monoisotopic (exact) mass is 257 g/mol. The maximum atomic E-state index is 4.35. The second-order valence-corrected chi connectivity index (χ2v) is 4.94. The molecule has 0 amide bonds. The molecule has 0 fully saturated rings. The smallest absolute Gasteiger partial charge is 0.0537 e. The van der Waals surface area contributed by atoms with Crippen molar-refractivity contribution in [1.82, 2.24) is 15.1 Å². The summed E-state index contributed by atoms with van der Waals surface area (Å²) < 4.78 is 1.98. The van der Waals surface area contributed by atoms with Crippen LogP contribution in [0.15, 0.2) is 36.7 Å². The van der Waals surface area contributed by atoms with Gasteiger partial charge in [0.05, 0.1) is 6.20 Å². The van der Waals surface area contributed by atoms with Gasteiger partial charge >= 0.3 is 0 Å². The van der Waals surface area contributed by atoms with Gasteiger partial charge in [-0.3, -0.25) is 4.68 Å². The van der Waals surface area contributed by atoms with E-state index >= 15 is 0 Å². The standard InChI is InChI=1S/C16H23N3/c1-4-19-12-15(11-18-19)16(17-3)10-9-14-8-6-5-7-13(14)2/h5-8,11-12,16-17H,4,9-10H2,1-3H3. The molecule has 1 atom stereocenters. The number of aryl methyl sites for hydroxylation is 3. The van der Waals surface area contributed by atoms with Crippen LogP contribution in [0.5, 0.6) is 0 Å². The van der Waals surface area contributed by atoms with E-state index in [9.17, 15) is 0 Å². The predicted molar refractivity (Wildman–Crippen MR) is 79.2 cm³/mol. The first-order valence-electron chi connectivity index (χ1n) is 6.98. The number of nitrogens with zero attached hydrogens (tertiary/aromatic N) is 2. The third kappa shape index (κ3) is 3.44. The molecule has 3 nitrogen and oxygen atoms in total. The SMILES string of the molecule is CCn1cc(C(CCc2ccccc2C)NC)cn1. The summed E-state index contributed by atoms with van der Waals surface area (Å²) in [5.41, 5.74) is 4.09. The summed E-state index contributed by atoms with van der Waals surface area (Å²) in [6.07, 6.45) is 6.30. The molecule has 1 heterocycles. The number of nitrogens with one attached hydrogen (secondary N) is 1. The normalized spacial score (nSPS) is 12.6. The lowest BCUT2D eigenvalue weighted by atomic mass is 9.98. The minimum absolute atomic E-state index is 0.375. The number of hydrogen-bond acceptors (Lipinski definition) is 2. The van der Waals surface area contributed by atoms with Crippen LogP contribution in [0.4, 0.5) is 0 Å². The predicted octanol–water partition coefficient (Wildman–Crippen LogP) is 3.10. The van der Waals surface area contributed by atoms with Crippen molar-refractivity contribution in [3.05, 3.63) is 53.3 Å². The van der Waals surface area contributed by atoms with E-state index in [1.807, 2.05) is 17.9 Å². The van der Waals surface area contributed by atoms with Crippen molar-refractivity contribution >= 4 is 0 Å². The van der Waals surface area contributed by atoms with E-state index in [-0.39, 0.29) is 0 Å². The highest BCUT2D eigenvalue weighted by molar-refractivity contribution is 5.26. The molecule has 0 saturated carbocycles. The van der Waals surface area contributed by atoms with Gasteiger partial charge in [0, 0.05) is 24.3 Å². The Kier molecular flexibility index (Phi) is 4.74. The van der Waals surface area contributed by atoms with Crippen LogP contribution in [0.1, 0.15) is 36.1 Å². The van der Waals surface area contributed by atoms with E-state index in [4.69, 9.17) is 0 Å². The Morgan fingerprint density at radius 1 is 1.32 bits per heavy atom. The van der Waals surface area contributed by atoms with E-state index in [0.717, 1.165) is 19.4 Å². The van der Waals surface area contributed by atoms with E-state index in [2.05, 4.69) is 54.7 Å². The van der Waals surface area contributed by atoms with Crippen molar-refractivity contribution in [2.45, 2.75) is 39.3 Å². The first kappa shape index (κ1) is 13.8. The van der Waals surface area contributed by atoms with Gasteiger partial charge in [0.25, 0.3) is 0 Å². The summed E-state index contributed by atoms with van der Waals surface area (Å²) in [6, 6.07) is 8.99. The van der Waals surface area contributed by atoms with Gasteiger partial charge < -0.3 is 5.32 Å². The van der Waals surface area contributed by atoms with Crippen molar-refractivity contribution in [2.75, 3.05) is 7.05 Å². The zero-order chi connectivity index (χ0) is 13.7. The van der Waals surface area contributed by atoms with Crippen LogP contribution in [0, 0.1) is 6.92 Å². The Morgan fingerprint density at radius 3 is 2.74 bits per heavy atom. The molecule has 3 heteroatoms. The van der Waals surface area contributed by atoms with Crippen LogP contribution in [-0.4, -0.2) is 16.8 Å². The second-order valence-electron chi connectivity index (χ2n) is 4.94. The summed E-state index contributed by atoms with van der Waals surface area (Å²) >= 11 is 0. The van der Waals surface area contributed by atoms with Gasteiger partial charge in [-0.1, -0.05) is 24.3 Å². The van der Waals surface area contributed by atoms with Gasteiger partial charge in [-0.2, -0.15) is 5.10 Å². The Morgan fingerprint density at radius 2 is 2.11 bits per heavy atom. The Bertz CT molecular complexity index is 516. The van der Waals surface area contributed by atoms with E-state index in [1.54, 1.807) is 0 Å². The van der Waals surface area contributed by atoms with Gasteiger partial charge in [-0.25, -0.2) is 0 Å². The Labute approximate surface area is 115 Å². The molecule has 0 bridgehead atoms. The summed E-state index contributed by atoms with van der Waals surface area (Å²) in [5.74, 6) is 0. The Balaban J connectivity index is 2.02. The minimum atomic E-state index is 0.375. The molecule has 0 aliphatic rings. The number of aromatic nitrogens is 2. The number of benzene rings is 1. The van der Waals surface area contributed by atoms with E-state index in [1.165, 1.54) is 16.7 Å². The van der Waals surface area contributed by atoms with Gasteiger partial charge in [-0.05, 0) is 44.9 Å². The second kappa shape index (κ2) is 6.53. The van der Waals surface area contributed by atoms with Crippen LogP contribution >= 0.6 is 0 Å². The first-order chi connectivity index (χ1) is 9.24. The summed E-state index contributed by atoms with van der Waals surface area (Å²) in [7, 11) is 2.02. The molecule has 0 spiro atoms. The molecule has 0 aliphatic carbocycles. The molecular weight excluding hydrogens is 234 g/mol. The van der Waals surface area contributed by atoms with Crippen LogP contribution in [0.25, 0.3) is 0 Å². The topological polar surface area (TPSA) is 29.9 Å². The number of rotatable bonds is 6. The highest BCUT2D eigenvalue weighted by Gasteiger charge is 2.11. The Hall–Kier alpha value is -1.61. The van der Waals surface area contributed by atoms with Gasteiger partial charge in [0.15, 0.2) is 0 Å². The fourth-order valence-electron chi connectivity index (χ4n) is 2.40. The zero-order valence-electron chi connectivity index (χ0n) is 12.1. The highest BCUT2D eigenvalue weighted by atomic mass is 15.3. The summed E-state index contributed by atoms with van der Waals surface area (Å²) in [4.78, 5) is 0. The average Bonchev–Trinajstić information content (AvgIpc) is 2.90. The van der Waals surface area contributed by atoms with Crippen LogP contribution in [0.2, 0.25) is 0 Å². The first-order valence-corrected chi connectivity index (χ1v) is 6.98. The van der Waals surface area contributed by atoms with Crippen molar-refractivity contribution in [1.29, 1.82) is 0 Å². The molecule has 1 N–H and O–H groups in total. The fraction of sp³-hybridized carbons (Fsp3) is 0.438. The third-order valence-electron chi connectivity index (χ3n) is 3.69. The maximum absolute atomic E-state index is 4.35. The lowest BCUT2D eigenvalue weighted by Gasteiger charge is -2.15. The van der Waals surface area contributed by atoms with Crippen LogP contribution < -0.4 is 5.32 Å². The molecule has 0 saturated heterocycles. The molecule has 102 valence electrons. The molecule has 1 unspecified atom stereocenters. The molecule has 0 aliphatic heterocycles. The quantitative estimate of drug-likeness (QED) is 0.861. The van der Waals surface area contributed by atoms with Crippen LogP contribution in [-0.2, 0) is 13.0 Å². The van der Waals surface area contributed by atoms with Crippen molar-refractivity contribution < 1.29 is 0 Å². The molecular formula is C16H23N3. The van der Waals surface area contributed by atoms with Crippen molar-refractivity contribution in [2.24, 2.45) is 0 Å². The average molecular weight is 257 g/mol. The van der Waals surface area contributed by atoms with E-state index < -0.39 is 0 Å². The summed E-state index contributed by atoms with van der Waals surface area (Å²) in [6.45, 7) is 5.21. The van der Waals surface area contributed by atoms with Gasteiger partial charge in [0.1, 0.15) is 0 Å². The largest absolute Gasteiger partial charge is 0.313 e. The van der Waals surface area contributed by atoms with Gasteiger partial charge in [-0.15, -0.1) is 0 Å². The van der Waals surface area contributed by atoms with Gasteiger partial charge in [0.2, 0.25) is 0 Å². The summed E-state index contributed by atoms with van der Waals surface area (Å²) in [5, 5.41) is 7.74. The molecule has 2 aromatic rings. The lowest BCUT2D eigenvalue weighted by molar-refractivity contribution is 0.547. The molecule has 0 radical (unpaired) electrons. The zero-order valence-corrected chi connectivity index (χ0v) is 12.1. The molecule has 1 aromatic heterocycles. The highest BCUT2D eigenvalue weighted by Crippen LogP contribution is 2.19. The van der Waals surface area contributed by atoms with E-state index in [0.29, 0.717) is 6.04 Å². The third-order valence-corrected chi connectivity index (χ3v) is 3.69. The maximum Gasteiger partial charge on any atom is 0.0537 e. The molecule has 1 aromatic carbocycles. The van der Waals surface area contributed by atoms with Crippen molar-refractivity contribution in [3.63, 3.8) is 0 Å². The fourth-order valence-corrected chi connectivity index (χ4v) is 2.40. The van der Waals surface area contributed by atoms with Crippen molar-refractivity contribution in [3.8, 4) is 0 Å². The lowest BCUT2D eigenvalue weighted by Crippen LogP contribution is -2.16.